The Kier molecular flexibility index (Phi) is 4.95. The lowest BCUT2D eigenvalue weighted by atomic mass is 10.2. The third-order valence-corrected chi connectivity index (χ3v) is 3.19. The number of nitrogens with zero attached hydrogens (tertiary/aromatic N) is 3. The van der Waals surface area contributed by atoms with E-state index in [0.29, 0.717) is 15.3 Å². The van der Waals surface area contributed by atoms with Gasteiger partial charge in [0.25, 0.3) is 5.69 Å². The van der Waals surface area contributed by atoms with Gasteiger partial charge in [0.1, 0.15) is 7.05 Å². The summed E-state index contributed by atoms with van der Waals surface area (Å²) < 4.78 is 5.74. The molecule has 0 amide bonds. The molecule has 0 heterocycles. The van der Waals surface area contributed by atoms with Crippen LogP contribution in [0.3, 0.4) is 0 Å². The van der Waals surface area contributed by atoms with Gasteiger partial charge >= 0.3 is 11.6 Å². The molecule has 10 heteroatoms. The molecule has 24 heavy (non-hydrogen) atoms. The molecule has 0 aliphatic rings. The van der Waals surface area contributed by atoms with Crippen molar-refractivity contribution >= 4 is 28.9 Å². The van der Waals surface area contributed by atoms with E-state index in [0.717, 1.165) is 25.2 Å². The van der Waals surface area contributed by atoms with E-state index < -0.39 is 21.2 Å². The van der Waals surface area contributed by atoms with Crippen molar-refractivity contribution in [2.75, 3.05) is 7.05 Å². The first kappa shape index (κ1) is 17.2. The van der Waals surface area contributed by atoms with Crippen LogP contribution in [0.4, 0.5) is 11.4 Å². The number of ether oxygens (including phenoxy) is 1. The predicted molar refractivity (Wildman–Crippen MR) is 85.5 cm³/mol. The molecular weight excluding hydrogens is 342 g/mol. The summed E-state index contributed by atoms with van der Waals surface area (Å²) in [6.45, 7) is 0. The van der Waals surface area contributed by atoms with Crippen molar-refractivity contribution in [3.05, 3.63) is 78.5 Å². The van der Waals surface area contributed by atoms with Gasteiger partial charge in [-0.25, -0.2) is 0 Å². The van der Waals surface area contributed by atoms with Crippen LogP contribution in [-0.2, 0) is 0 Å². The lowest BCUT2D eigenvalue weighted by Gasteiger charge is -2.09. The Bertz CT molecular complexity index is 831. The molecule has 0 spiro atoms. The number of hydroxylamine groups is 1. The van der Waals surface area contributed by atoms with Crippen molar-refractivity contribution in [3.8, 4) is 5.75 Å². The number of nitro groups is 2. The van der Waals surface area contributed by atoms with Crippen LogP contribution >= 0.6 is 11.6 Å². The molecule has 0 radical (unpaired) electrons. The summed E-state index contributed by atoms with van der Waals surface area (Å²) in [7, 11) is 1.15. The van der Waals surface area contributed by atoms with Crippen LogP contribution in [0, 0.1) is 25.4 Å². The predicted octanol–water partition coefficient (Wildman–Crippen LogP) is 3.12. The Morgan fingerprint density at radius 2 is 1.62 bits per heavy atom. The maximum atomic E-state index is 11.7. The van der Waals surface area contributed by atoms with Gasteiger partial charge in [0, 0.05) is 11.1 Å². The number of rotatable bonds is 4. The Labute approximate surface area is 140 Å². The molecule has 0 saturated heterocycles. The quantitative estimate of drug-likeness (QED) is 0.208. The molecule has 0 aliphatic heterocycles. The maximum Gasteiger partial charge on any atom is 0.386 e. The summed E-state index contributed by atoms with van der Waals surface area (Å²) in [4.78, 5) is 20.3. The normalized spacial score (nSPS) is 11.6. The third-order valence-electron chi connectivity index (χ3n) is 2.93. The second-order valence-corrected chi connectivity index (χ2v) is 5.01. The molecule has 0 saturated carbocycles. The number of hydrogen-bond acceptors (Lipinski definition) is 6. The van der Waals surface area contributed by atoms with Crippen LogP contribution in [-0.4, -0.2) is 27.5 Å². The van der Waals surface area contributed by atoms with E-state index in [2.05, 4.69) is 0 Å². The SMILES string of the molecule is C/[N+]([O-])=C(\Oc1ccc([N+](=O)[O-])cc1[N+](=O)[O-])c1ccc(Cl)cc1. The Hall–Kier alpha value is -3.20. The van der Waals surface area contributed by atoms with E-state index >= 15 is 0 Å². The highest BCUT2D eigenvalue weighted by Gasteiger charge is 2.25. The summed E-state index contributed by atoms with van der Waals surface area (Å²) >= 11 is 5.78. The molecule has 0 bridgehead atoms. The van der Waals surface area contributed by atoms with Crippen LogP contribution in [0.5, 0.6) is 5.75 Å². The lowest BCUT2D eigenvalue weighted by Crippen LogP contribution is -2.21. The molecule has 0 fully saturated rings. The second-order valence-electron chi connectivity index (χ2n) is 4.58. The van der Waals surface area contributed by atoms with Crippen molar-refractivity contribution in [3.63, 3.8) is 0 Å². The minimum Gasteiger partial charge on any atom is -0.621 e. The molecule has 0 atom stereocenters. The molecule has 0 unspecified atom stereocenters. The highest BCUT2D eigenvalue weighted by Crippen LogP contribution is 2.31. The monoisotopic (exact) mass is 351 g/mol. The zero-order valence-electron chi connectivity index (χ0n) is 12.2. The van der Waals surface area contributed by atoms with E-state index in [1.165, 1.54) is 24.3 Å². The van der Waals surface area contributed by atoms with Gasteiger partial charge in [0.15, 0.2) is 0 Å². The highest BCUT2D eigenvalue weighted by atomic mass is 35.5. The smallest absolute Gasteiger partial charge is 0.386 e. The molecular formula is C14H10ClN3O6. The van der Waals surface area contributed by atoms with Crippen molar-refractivity contribution < 1.29 is 19.3 Å². The number of hydrogen-bond donors (Lipinski definition) is 0. The minimum absolute atomic E-state index is 0.219. The van der Waals surface area contributed by atoms with Gasteiger partial charge in [0.2, 0.25) is 5.75 Å². The third kappa shape index (κ3) is 3.76. The number of benzene rings is 2. The molecule has 9 nitrogen and oxygen atoms in total. The molecule has 0 N–H and O–H groups in total. The Morgan fingerprint density at radius 3 is 2.12 bits per heavy atom. The first-order chi connectivity index (χ1) is 11.3. The van der Waals surface area contributed by atoms with Crippen molar-refractivity contribution in [1.82, 2.24) is 0 Å². The first-order valence-corrected chi connectivity index (χ1v) is 6.82. The Morgan fingerprint density at radius 1 is 1.00 bits per heavy atom. The largest absolute Gasteiger partial charge is 0.621 e. The fourth-order valence-electron chi connectivity index (χ4n) is 1.85. The van der Waals surface area contributed by atoms with Crippen LogP contribution < -0.4 is 4.74 Å². The summed E-state index contributed by atoms with van der Waals surface area (Å²) in [5.74, 6) is -0.512. The van der Waals surface area contributed by atoms with Gasteiger partial charge in [-0.05, 0) is 30.3 Å². The van der Waals surface area contributed by atoms with Gasteiger partial charge in [-0.15, -0.1) is 0 Å². The van der Waals surface area contributed by atoms with E-state index in [4.69, 9.17) is 16.3 Å². The topological polar surface area (TPSA) is 122 Å². The van der Waals surface area contributed by atoms with Crippen molar-refractivity contribution in [2.45, 2.75) is 0 Å². The zero-order chi connectivity index (χ0) is 17.9. The fourth-order valence-corrected chi connectivity index (χ4v) is 1.98. The van der Waals surface area contributed by atoms with Gasteiger partial charge in [-0.3, -0.25) is 20.2 Å². The first-order valence-electron chi connectivity index (χ1n) is 6.44. The minimum atomic E-state index is -0.827. The second kappa shape index (κ2) is 6.92. The van der Waals surface area contributed by atoms with Crippen molar-refractivity contribution in [2.24, 2.45) is 0 Å². The maximum absolute atomic E-state index is 11.7. The van der Waals surface area contributed by atoms with Crippen LogP contribution in [0.2, 0.25) is 5.02 Å². The Balaban J connectivity index is 2.47. The van der Waals surface area contributed by atoms with Crippen LogP contribution in [0.25, 0.3) is 0 Å². The van der Waals surface area contributed by atoms with E-state index in [9.17, 15) is 25.4 Å². The molecule has 0 aromatic heterocycles. The average molecular weight is 352 g/mol. The van der Waals surface area contributed by atoms with E-state index in [1.54, 1.807) is 0 Å². The number of nitro benzene ring substituents is 2. The number of non-ortho nitro benzene ring substituents is 1. The summed E-state index contributed by atoms with van der Waals surface area (Å²) in [6.07, 6.45) is 0. The lowest BCUT2D eigenvalue weighted by molar-refractivity contribution is -0.430. The van der Waals surface area contributed by atoms with Gasteiger partial charge < -0.3 is 9.94 Å². The van der Waals surface area contributed by atoms with Gasteiger partial charge in [0.05, 0.1) is 21.5 Å². The average Bonchev–Trinajstić information content (AvgIpc) is 2.53. The molecule has 124 valence electrons. The van der Waals surface area contributed by atoms with Crippen molar-refractivity contribution in [1.29, 1.82) is 0 Å². The number of halogens is 1. The zero-order valence-corrected chi connectivity index (χ0v) is 13.0. The van der Waals surface area contributed by atoms with E-state index in [1.807, 2.05) is 0 Å². The standard InChI is InChI=1S/C14H10ClN3O6/c1-16(19)14(9-2-4-10(15)5-3-9)24-13-7-6-11(17(20)21)8-12(13)18(22)23/h2-8H,1H3/b16-14+. The molecule has 2 aromatic carbocycles. The molecule has 2 rings (SSSR count). The summed E-state index contributed by atoms with van der Waals surface area (Å²) in [6, 6.07) is 8.93. The highest BCUT2D eigenvalue weighted by molar-refractivity contribution is 6.30. The van der Waals surface area contributed by atoms with Gasteiger partial charge in [-0.1, -0.05) is 11.6 Å². The summed E-state index contributed by atoms with van der Waals surface area (Å²) in [5.41, 5.74) is -0.750. The molecule has 0 aliphatic carbocycles. The van der Waals surface area contributed by atoms with Gasteiger partial charge in [-0.2, -0.15) is 4.74 Å². The summed E-state index contributed by atoms with van der Waals surface area (Å²) in [5, 5.41) is 34.0. The van der Waals surface area contributed by atoms with E-state index in [-0.39, 0.29) is 11.6 Å². The van der Waals surface area contributed by atoms with Crippen LogP contribution in [0.15, 0.2) is 42.5 Å². The molecule has 2 aromatic rings. The fraction of sp³-hybridized carbons (Fsp3) is 0.0714. The van der Waals surface area contributed by atoms with Crippen LogP contribution in [0.1, 0.15) is 5.56 Å².